The molecule has 0 aromatic rings. The van der Waals surface area contributed by atoms with Crippen LogP contribution in [0.1, 0.15) is 38.5 Å². The summed E-state index contributed by atoms with van der Waals surface area (Å²) in [5.74, 6) is 11.5. The largest absolute Gasteiger partial charge is 0.294 e. The first-order valence-electron chi connectivity index (χ1n) is 6.66. The molecule has 0 aromatic heterocycles. The average molecular weight is 254 g/mol. The van der Waals surface area contributed by atoms with Crippen LogP contribution < -0.4 is 22.5 Å². The molecule has 0 aromatic carbocycles. The quantitative estimate of drug-likeness (QED) is 0.311. The lowest BCUT2D eigenvalue weighted by atomic mass is 9.64. The second-order valence-corrected chi connectivity index (χ2v) is 5.56. The third kappa shape index (κ3) is 2.64. The molecule has 0 saturated heterocycles. The van der Waals surface area contributed by atoms with E-state index in [1.54, 1.807) is 0 Å². The summed E-state index contributed by atoms with van der Waals surface area (Å²) in [6.45, 7) is 0. The Balaban J connectivity index is 1.91. The van der Waals surface area contributed by atoms with Gasteiger partial charge in [0.05, 0.1) is 0 Å². The number of hydrogen-bond donors (Lipinski definition) is 4. The molecule has 0 aliphatic heterocycles. The standard InChI is InChI=1S/C12H22N4O2/c13-15-11(17)9-3-1-7-5-10(12(18)16-14)4-2-8(7)6-9/h7-10H,1-6,13-14H2,(H,15,17)(H,16,18). The topological polar surface area (TPSA) is 110 Å². The highest BCUT2D eigenvalue weighted by molar-refractivity contribution is 5.78. The van der Waals surface area contributed by atoms with Crippen LogP contribution in [-0.4, -0.2) is 11.8 Å². The van der Waals surface area contributed by atoms with Crippen molar-refractivity contribution in [1.29, 1.82) is 0 Å². The molecule has 2 aliphatic carbocycles. The van der Waals surface area contributed by atoms with Crippen LogP contribution in [0.25, 0.3) is 0 Å². The van der Waals surface area contributed by atoms with Gasteiger partial charge in [-0.2, -0.15) is 0 Å². The van der Waals surface area contributed by atoms with Gasteiger partial charge in [-0.1, -0.05) is 0 Å². The van der Waals surface area contributed by atoms with Gasteiger partial charge in [-0.15, -0.1) is 0 Å². The third-order valence-electron chi connectivity index (χ3n) is 4.64. The fraction of sp³-hybridized carbons (Fsp3) is 0.833. The van der Waals surface area contributed by atoms with Gasteiger partial charge < -0.3 is 0 Å². The molecule has 6 N–H and O–H groups in total. The lowest BCUT2D eigenvalue weighted by Gasteiger charge is -2.41. The van der Waals surface area contributed by atoms with E-state index in [2.05, 4.69) is 10.9 Å². The van der Waals surface area contributed by atoms with Crippen LogP contribution in [-0.2, 0) is 9.59 Å². The molecule has 0 spiro atoms. The van der Waals surface area contributed by atoms with Crippen molar-refractivity contribution in [2.24, 2.45) is 35.4 Å². The Labute approximate surface area is 107 Å². The van der Waals surface area contributed by atoms with E-state index in [9.17, 15) is 9.59 Å². The molecule has 2 aliphatic rings. The van der Waals surface area contributed by atoms with E-state index >= 15 is 0 Å². The summed E-state index contributed by atoms with van der Waals surface area (Å²) in [6, 6.07) is 0. The number of hydrogen-bond acceptors (Lipinski definition) is 4. The number of nitrogens with two attached hydrogens (primary N) is 2. The van der Waals surface area contributed by atoms with Crippen LogP contribution in [0.2, 0.25) is 0 Å². The van der Waals surface area contributed by atoms with Crippen molar-refractivity contribution in [3.05, 3.63) is 0 Å². The first-order valence-corrected chi connectivity index (χ1v) is 6.66. The maximum Gasteiger partial charge on any atom is 0.236 e. The number of amides is 2. The Morgan fingerprint density at radius 1 is 0.778 bits per heavy atom. The summed E-state index contributed by atoms with van der Waals surface area (Å²) in [5, 5.41) is 0. The highest BCUT2D eigenvalue weighted by Crippen LogP contribution is 2.44. The van der Waals surface area contributed by atoms with Gasteiger partial charge in [0.15, 0.2) is 0 Å². The number of rotatable bonds is 2. The van der Waals surface area contributed by atoms with Crippen LogP contribution in [0.4, 0.5) is 0 Å². The normalized spacial score (nSPS) is 35.4. The zero-order chi connectivity index (χ0) is 13.1. The maximum absolute atomic E-state index is 11.5. The number of hydrazine groups is 2. The minimum absolute atomic E-state index is 0.0460. The SMILES string of the molecule is NNC(=O)C1CCC2CC(C(=O)NN)CCC2C1. The van der Waals surface area contributed by atoms with Crippen molar-refractivity contribution in [2.75, 3.05) is 0 Å². The fourth-order valence-electron chi connectivity index (χ4n) is 3.60. The predicted molar refractivity (Wildman–Crippen MR) is 66.3 cm³/mol. The number of fused-ring (bicyclic) bond motifs is 1. The number of carbonyl (C=O) groups excluding carboxylic acids is 2. The molecule has 2 fully saturated rings. The van der Waals surface area contributed by atoms with Crippen molar-refractivity contribution in [3.8, 4) is 0 Å². The average Bonchev–Trinajstić information content (AvgIpc) is 2.44. The molecule has 2 amide bonds. The van der Waals surface area contributed by atoms with E-state index < -0.39 is 0 Å². The summed E-state index contributed by atoms with van der Waals surface area (Å²) in [4.78, 5) is 23.1. The smallest absolute Gasteiger partial charge is 0.236 e. The van der Waals surface area contributed by atoms with Crippen molar-refractivity contribution < 1.29 is 9.59 Å². The van der Waals surface area contributed by atoms with E-state index in [-0.39, 0.29) is 23.7 Å². The molecule has 2 rings (SSSR count). The molecule has 0 radical (unpaired) electrons. The molecule has 102 valence electrons. The van der Waals surface area contributed by atoms with E-state index in [4.69, 9.17) is 11.7 Å². The van der Waals surface area contributed by atoms with E-state index in [1.807, 2.05) is 0 Å². The van der Waals surface area contributed by atoms with E-state index in [1.165, 1.54) is 0 Å². The molecular formula is C12H22N4O2. The van der Waals surface area contributed by atoms with Gasteiger partial charge in [0, 0.05) is 11.8 Å². The maximum atomic E-state index is 11.5. The third-order valence-corrected chi connectivity index (χ3v) is 4.64. The molecular weight excluding hydrogens is 232 g/mol. The minimum atomic E-state index is -0.0460. The molecule has 4 atom stereocenters. The monoisotopic (exact) mass is 254 g/mol. The molecule has 6 heteroatoms. The number of nitrogens with one attached hydrogen (secondary N) is 2. The zero-order valence-electron chi connectivity index (χ0n) is 10.5. The van der Waals surface area contributed by atoms with Gasteiger partial charge >= 0.3 is 0 Å². The Hall–Kier alpha value is -1.14. The molecule has 2 saturated carbocycles. The van der Waals surface area contributed by atoms with Gasteiger partial charge in [-0.3, -0.25) is 20.4 Å². The lowest BCUT2D eigenvalue weighted by molar-refractivity contribution is -0.130. The fourth-order valence-corrected chi connectivity index (χ4v) is 3.60. The molecule has 18 heavy (non-hydrogen) atoms. The Morgan fingerprint density at radius 2 is 1.17 bits per heavy atom. The van der Waals surface area contributed by atoms with Crippen molar-refractivity contribution in [2.45, 2.75) is 38.5 Å². The Bertz CT molecular complexity index is 302. The van der Waals surface area contributed by atoms with Crippen molar-refractivity contribution >= 4 is 11.8 Å². The lowest BCUT2D eigenvalue weighted by Crippen LogP contribution is -2.43. The first-order chi connectivity index (χ1) is 8.65. The van der Waals surface area contributed by atoms with Gasteiger partial charge in [0.1, 0.15) is 0 Å². The summed E-state index contributed by atoms with van der Waals surface area (Å²) >= 11 is 0. The second-order valence-electron chi connectivity index (χ2n) is 5.56. The van der Waals surface area contributed by atoms with Crippen molar-refractivity contribution in [3.63, 3.8) is 0 Å². The van der Waals surface area contributed by atoms with Crippen LogP contribution in [0, 0.1) is 23.7 Å². The second kappa shape index (κ2) is 5.67. The first kappa shape index (κ1) is 13.3. The van der Waals surface area contributed by atoms with Crippen LogP contribution in [0.5, 0.6) is 0 Å². The van der Waals surface area contributed by atoms with Crippen LogP contribution in [0.15, 0.2) is 0 Å². The Kier molecular flexibility index (Phi) is 4.19. The highest BCUT2D eigenvalue weighted by atomic mass is 16.2. The van der Waals surface area contributed by atoms with Crippen molar-refractivity contribution in [1.82, 2.24) is 10.9 Å². The molecule has 0 heterocycles. The molecule has 4 unspecified atom stereocenters. The van der Waals surface area contributed by atoms with Gasteiger partial charge in [0.25, 0.3) is 0 Å². The summed E-state index contributed by atoms with van der Waals surface area (Å²) in [5.41, 5.74) is 4.49. The predicted octanol–water partition coefficient (Wildman–Crippen LogP) is -0.201. The minimum Gasteiger partial charge on any atom is -0.294 e. The van der Waals surface area contributed by atoms with E-state index in [0.717, 1.165) is 38.5 Å². The molecule has 6 nitrogen and oxygen atoms in total. The van der Waals surface area contributed by atoms with Crippen LogP contribution >= 0.6 is 0 Å². The van der Waals surface area contributed by atoms with Crippen LogP contribution in [0.3, 0.4) is 0 Å². The summed E-state index contributed by atoms with van der Waals surface area (Å²) in [6.07, 6.45) is 5.59. The zero-order valence-corrected chi connectivity index (χ0v) is 10.5. The highest BCUT2D eigenvalue weighted by Gasteiger charge is 2.39. The van der Waals surface area contributed by atoms with Gasteiger partial charge in [-0.05, 0) is 50.4 Å². The van der Waals surface area contributed by atoms with Gasteiger partial charge in [0.2, 0.25) is 11.8 Å². The summed E-state index contributed by atoms with van der Waals surface area (Å²) in [7, 11) is 0. The number of carbonyl (C=O) groups is 2. The molecule has 0 bridgehead atoms. The van der Waals surface area contributed by atoms with E-state index in [0.29, 0.717) is 11.8 Å². The Morgan fingerprint density at radius 3 is 1.50 bits per heavy atom. The summed E-state index contributed by atoms with van der Waals surface area (Å²) < 4.78 is 0. The van der Waals surface area contributed by atoms with Gasteiger partial charge in [-0.25, -0.2) is 11.7 Å².